The minimum atomic E-state index is 0.912. The van der Waals surface area contributed by atoms with Crippen LogP contribution in [0.15, 0.2) is 37.2 Å². The summed E-state index contributed by atoms with van der Waals surface area (Å²) in [6.07, 6.45) is 5.31. The normalized spacial score (nSPS) is 10.0. The number of pyridine rings is 2. The summed E-state index contributed by atoms with van der Waals surface area (Å²) in [5, 5.41) is 0. The highest BCUT2D eigenvalue weighted by Crippen LogP contribution is 2.09. The molecular weight excluding hydrogens is 148 g/mol. The number of aromatic nitrogens is 2. The first-order valence-corrected chi connectivity index (χ1v) is 3.73. The summed E-state index contributed by atoms with van der Waals surface area (Å²) in [6.45, 7) is 3.67. The number of rotatable bonds is 1. The van der Waals surface area contributed by atoms with Crippen LogP contribution in [-0.4, -0.2) is 9.97 Å². The first-order valence-electron chi connectivity index (χ1n) is 3.73. The maximum absolute atomic E-state index is 4.22. The third-order valence-electron chi connectivity index (χ3n) is 1.71. The van der Waals surface area contributed by atoms with Gasteiger partial charge in [-0.05, 0) is 23.8 Å². The second kappa shape index (κ2) is 2.74. The molecule has 2 heterocycles. The van der Waals surface area contributed by atoms with Crippen molar-refractivity contribution < 1.29 is 0 Å². The minimum absolute atomic E-state index is 0.912. The van der Waals surface area contributed by atoms with Gasteiger partial charge in [0.25, 0.3) is 0 Å². The third-order valence-corrected chi connectivity index (χ3v) is 1.71. The minimum Gasteiger partial charge on any atom is -0.255 e. The molecule has 58 valence electrons. The van der Waals surface area contributed by atoms with Crippen LogP contribution in [0.1, 0.15) is 5.56 Å². The van der Waals surface area contributed by atoms with E-state index in [1.165, 1.54) is 0 Å². The second-order valence-corrected chi connectivity index (χ2v) is 2.51. The predicted molar refractivity (Wildman–Crippen MR) is 49.6 cm³/mol. The molecule has 0 fully saturated rings. The molecule has 2 heteroatoms. The van der Waals surface area contributed by atoms with Gasteiger partial charge in [0.2, 0.25) is 0 Å². The molecule has 2 rings (SSSR count). The summed E-state index contributed by atoms with van der Waals surface area (Å²) in [5.74, 6) is 0. The molecule has 0 aromatic carbocycles. The van der Waals surface area contributed by atoms with Gasteiger partial charge in [0.05, 0.1) is 11.0 Å². The Labute approximate surface area is 70.6 Å². The summed E-state index contributed by atoms with van der Waals surface area (Å²) >= 11 is 0. The zero-order valence-electron chi connectivity index (χ0n) is 6.57. The van der Waals surface area contributed by atoms with E-state index >= 15 is 0 Å². The summed E-state index contributed by atoms with van der Waals surface area (Å²) < 4.78 is 0. The van der Waals surface area contributed by atoms with Gasteiger partial charge in [0.15, 0.2) is 0 Å². The Morgan fingerprint density at radius 3 is 3.00 bits per heavy atom. The van der Waals surface area contributed by atoms with Gasteiger partial charge < -0.3 is 0 Å². The van der Waals surface area contributed by atoms with Crippen molar-refractivity contribution in [1.29, 1.82) is 0 Å². The van der Waals surface area contributed by atoms with Gasteiger partial charge in [0, 0.05) is 12.4 Å². The van der Waals surface area contributed by atoms with E-state index in [1.807, 2.05) is 18.2 Å². The summed E-state index contributed by atoms with van der Waals surface area (Å²) in [7, 11) is 0. The van der Waals surface area contributed by atoms with E-state index in [-0.39, 0.29) is 0 Å². The van der Waals surface area contributed by atoms with Crippen molar-refractivity contribution >= 4 is 17.1 Å². The first-order chi connectivity index (χ1) is 5.90. The largest absolute Gasteiger partial charge is 0.255 e. The molecule has 0 aliphatic rings. The molecule has 0 spiro atoms. The third kappa shape index (κ3) is 1.07. The van der Waals surface area contributed by atoms with E-state index in [1.54, 1.807) is 18.5 Å². The lowest BCUT2D eigenvalue weighted by Gasteiger charge is -1.95. The highest BCUT2D eigenvalue weighted by atomic mass is 14.7. The monoisotopic (exact) mass is 156 g/mol. The fourth-order valence-corrected chi connectivity index (χ4v) is 1.08. The van der Waals surface area contributed by atoms with Gasteiger partial charge in [0.1, 0.15) is 0 Å². The Hall–Kier alpha value is -1.70. The maximum atomic E-state index is 4.22. The van der Waals surface area contributed by atoms with Gasteiger partial charge in [-0.15, -0.1) is 0 Å². The average Bonchev–Trinajstić information content (AvgIpc) is 2.17. The van der Waals surface area contributed by atoms with Crippen molar-refractivity contribution in [3.05, 3.63) is 42.7 Å². The van der Waals surface area contributed by atoms with Gasteiger partial charge in [-0.3, -0.25) is 9.97 Å². The lowest BCUT2D eigenvalue weighted by Crippen LogP contribution is -1.82. The van der Waals surface area contributed by atoms with Crippen LogP contribution in [0.2, 0.25) is 0 Å². The van der Waals surface area contributed by atoms with Crippen molar-refractivity contribution in [2.75, 3.05) is 0 Å². The van der Waals surface area contributed by atoms with Crippen molar-refractivity contribution in [3.63, 3.8) is 0 Å². The van der Waals surface area contributed by atoms with Crippen molar-refractivity contribution in [3.8, 4) is 0 Å². The number of fused-ring (bicyclic) bond motifs is 1. The quantitative estimate of drug-likeness (QED) is 0.633. The molecule has 0 unspecified atom stereocenters. The van der Waals surface area contributed by atoms with Crippen molar-refractivity contribution in [2.24, 2.45) is 0 Å². The van der Waals surface area contributed by atoms with Gasteiger partial charge in [-0.1, -0.05) is 12.7 Å². The lowest BCUT2D eigenvalue weighted by molar-refractivity contribution is 1.33. The Morgan fingerprint density at radius 2 is 2.17 bits per heavy atom. The SMILES string of the molecule is C=Cc1cnc2cccnc2c1. The molecule has 2 nitrogen and oxygen atoms in total. The highest BCUT2D eigenvalue weighted by Gasteiger charge is 1.93. The highest BCUT2D eigenvalue weighted by molar-refractivity contribution is 5.75. The molecule has 0 aliphatic heterocycles. The molecule has 0 atom stereocenters. The predicted octanol–water partition coefficient (Wildman–Crippen LogP) is 2.27. The van der Waals surface area contributed by atoms with E-state index in [0.29, 0.717) is 0 Å². The first kappa shape index (κ1) is 6.98. The molecule has 12 heavy (non-hydrogen) atoms. The zero-order valence-corrected chi connectivity index (χ0v) is 6.57. The number of nitrogens with zero attached hydrogens (tertiary/aromatic N) is 2. The Morgan fingerprint density at radius 1 is 1.25 bits per heavy atom. The molecule has 0 bridgehead atoms. The van der Waals surface area contributed by atoms with Crippen molar-refractivity contribution in [1.82, 2.24) is 9.97 Å². The topological polar surface area (TPSA) is 25.8 Å². The summed E-state index contributed by atoms with van der Waals surface area (Å²) in [5.41, 5.74) is 2.83. The van der Waals surface area contributed by atoms with E-state index in [0.717, 1.165) is 16.6 Å². The Balaban J connectivity index is 2.75. The van der Waals surface area contributed by atoms with Crippen LogP contribution in [0, 0.1) is 0 Å². The van der Waals surface area contributed by atoms with Gasteiger partial charge in [-0.2, -0.15) is 0 Å². The van der Waals surface area contributed by atoms with Crippen LogP contribution in [0.25, 0.3) is 17.1 Å². The van der Waals surface area contributed by atoms with E-state index < -0.39 is 0 Å². The molecule has 0 saturated heterocycles. The Bertz CT molecular complexity index is 421. The molecule has 0 aliphatic carbocycles. The van der Waals surface area contributed by atoms with Gasteiger partial charge in [-0.25, -0.2) is 0 Å². The molecule has 0 radical (unpaired) electrons. The molecule has 0 N–H and O–H groups in total. The van der Waals surface area contributed by atoms with E-state index in [2.05, 4.69) is 16.5 Å². The molecule has 2 aromatic rings. The number of hydrogen-bond acceptors (Lipinski definition) is 2. The fourth-order valence-electron chi connectivity index (χ4n) is 1.08. The Kier molecular flexibility index (Phi) is 1.59. The van der Waals surface area contributed by atoms with Crippen LogP contribution in [-0.2, 0) is 0 Å². The van der Waals surface area contributed by atoms with Crippen LogP contribution in [0.5, 0.6) is 0 Å². The molecule has 0 saturated carbocycles. The van der Waals surface area contributed by atoms with Crippen LogP contribution in [0.3, 0.4) is 0 Å². The van der Waals surface area contributed by atoms with Crippen LogP contribution >= 0.6 is 0 Å². The fraction of sp³-hybridized carbons (Fsp3) is 0. The average molecular weight is 156 g/mol. The van der Waals surface area contributed by atoms with E-state index in [9.17, 15) is 0 Å². The summed E-state index contributed by atoms with van der Waals surface area (Å²) in [4.78, 5) is 8.40. The standard InChI is InChI=1S/C10H8N2/c1-2-8-6-10-9(12-7-8)4-3-5-11-10/h2-7H,1H2. The smallest absolute Gasteiger partial charge is 0.0892 e. The molecule has 2 aromatic heterocycles. The van der Waals surface area contributed by atoms with Crippen LogP contribution < -0.4 is 0 Å². The molecule has 0 amide bonds. The lowest BCUT2D eigenvalue weighted by atomic mass is 10.2. The van der Waals surface area contributed by atoms with Crippen molar-refractivity contribution in [2.45, 2.75) is 0 Å². The molecular formula is C10H8N2. The zero-order chi connectivity index (χ0) is 8.39. The van der Waals surface area contributed by atoms with E-state index in [4.69, 9.17) is 0 Å². The van der Waals surface area contributed by atoms with Gasteiger partial charge >= 0.3 is 0 Å². The summed E-state index contributed by atoms with van der Waals surface area (Å²) in [6, 6.07) is 5.79. The number of hydrogen-bond donors (Lipinski definition) is 0. The van der Waals surface area contributed by atoms with Crippen LogP contribution in [0.4, 0.5) is 0 Å². The second-order valence-electron chi connectivity index (χ2n) is 2.51. The maximum Gasteiger partial charge on any atom is 0.0892 e.